The number of nitrogens with two attached hydrogens (primary N) is 1. The van der Waals surface area contributed by atoms with Gasteiger partial charge in [0.15, 0.2) is 5.82 Å². The molecule has 2 fully saturated rings. The van der Waals surface area contributed by atoms with Gasteiger partial charge in [-0.15, -0.1) is 5.10 Å². The molecule has 2 aliphatic heterocycles. The van der Waals surface area contributed by atoms with E-state index >= 15 is 0 Å². The first-order valence-electron chi connectivity index (χ1n) is 7.13. The van der Waals surface area contributed by atoms with Crippen LogP contribution in [0.3, 0.4) is 0 Å². The number of aryl methyl sites for hydroxylation is 1. The zero-order chi connectivity index (χ0) is 14.4. The van der Waals surface area contributed by atoms with Crippen LogP contribution in [0.25, 0.3) is 0 Å². The number of rotatable bonds is 2. The van der Waals surface area contributed by atoms with Crippen LogP contribution in [-0.2, 0) is 0 Å². The first kappa shape index (κ1) is 13.3. The molecular formula is C14H21N5O. The Kier molecular flexibility index (Phi) is 3.12. The molecule has 0 radical (unpaired) electrons. The lowest BCUT2D eigenvalue weighted by molar-refractivity contribution is 0.126. The number of fused-ring (bicyclic) bond motifs is 2. The van der Waals surface area contributed by atoms with Gasteiger partial charge in [0.2, 0.25) is 0 Å². The van der Waals surface area contributed by atoms with Crippen LogP contribution in [0.2, 0.25) is 0 Å². The van der Waals surface area contributed by atoms with Crippen molar-refractivity contribution in [3.05, 3.63) is 16.8 Å². The monoisotopic (exact) mass is 275 g/mol. The molecule has 2 aliphatic rings. The Morgan fingerprint density at radius 1 is 1.25 bits per heavy atom. The van der Waals surface area contributed by atoms with Gasteiger partial charge in [0.25, 0.3) is 0 Å². The van der Waals surface area contributed by atoms with Gasteiger partial charge in [0.1, 0.15) is 5.84 Å². The number of piperidine rings is 1. The van der Waals surface area contributed by atoms with Gasteiger partial charge in [-0.05, 0) is 45.1 Å². The van der Waals surface area contributed by atoms with Crippen LogP contribution >= 0.6 is 0 Å². The number of aromatic nitrogens is 2. The second-order valence-electron chi connectivity index (χ2n) is 5.94. The minimum Gasteiger partial charge on any atom is -0.393 e. The molecule has 6 heteroatoms. The van der Waals surface area contributed by atoms with Crippen LogP contribution in [-0.4, -0.2) is 39.3 Å². The average Bonchev–Trinajstić information content (AvgIpc) is 2.64. The molecule has 1 aromatic heterocycles. The van der Waals surface area contributed by atoms with E-state index in [1.165, 1.54) is 0 Å². The number of nitrogens with zero attached hydrogens (tertiary/aromatic N) is 3. The van der Waals surface area contributed by atoms with Crippen molar-refractivity contribution in [2.75, 3.05) is 4.90 Å². The number of aliphatic hydroxyl groups excluding tert-OH is 1. The SMILES string of the molecule is Cc1nnc(N2C3CCC2CC(O)C3)c(C(=N)N)c1C. The van der Waals surface area contributed by atoms with E-state index in [2.05, 4.69) is 15.1 Å². The molecule has 0 amide bonds. The Hall–Kier alpha value is -1.69. The average molecular weight is 275 g/mol. The van der Waals surface area contributed by atoms with E-state index in [0.717, 1.165) is 42.8 Å². The lowest BCUT2D eigenvalue weighted by atomic mass is 9.98. The zero-order valence-electron chi connectivity index (χ0n) is 11.9. The molecule has 3 heterocycles. The van der Waals surface area contributed by atoms with Crippen molar-refractivity contribution < 1.29 is 5.11 Å². The predicted octanol–water partition coefficient (Wildman–Crippen LogP) is 0.870. The summed E-state index contributed by atoms with van der Waals surface area (Å²) in [5.41, 5.74) is 8.20. The Morgan fingerprint density at radius 2 is 1.85 bits per heavy atom. The van der Waals surface area contributed by atoms with Crippen molar-refractivity contribution in [3.63, 3.8) is 0 Å². The second kappa shape index (κ2) is 4.70. The third-order valence-corrected chi connectivity index (χ3v) is 4.66. The Balaban J connectivity index is 2.07. The van der Waals surface area contributed by atoms with Crippen molar-refractivity contribution in [2.45, 2.75) is 57.7 Å². The summed E-state index contributed by atoms with van der Waals surface area (Å²) in [5, 5.41) is 26.3. The fourth-order valence-corrected chi connectivity index (χ4v) is 3.59. The highest BCUT2D eigenvalue weighted by atomic mass is 16.3. The van der Waals surface area contributed by atoms with Crippen LogP contribution in [0, 0.1) is 19.3 Å². The number of nitrogen functional groups attached to an aromatic ring is 1. The van der Waals surface area contributed by atoms with Crippen molar-refractivity contribution in [2.24, 2.45) is 5.73 Å². The van der Waals surface area contributed by atoms with E-state index in [1.54, 1.807) is 0 Å². The first-order valence-corrected chi connectivity index (χ1v) is 7.13. The Labute approximate surface area is 118 Å². The summed E-state index contributed by atoms with van der Waals surface area (Å²) in [4.78, 5) is 2.24. The Morgan fingerprint density at radius 3 is 2.40 bits per heavy atom. The summed E-state index contributed by atoms with van der Waals surface area (Å²) in [5.74, 6) is 0.765. The summed E-state index contributed by atoms with van der Waals surface area (Å²) in [6, 6.07) is 0.580. The highest BCUT2D eigenvalue weighted by Crippen LogP contribution is 2.40. The van der Waals surface area contributed by atoms with E-state index in [1.807, 2.05) is 13.8 Å². The van der Waals surface area contributed by atoms with Crippen molar-refractivity contribution in [1.82, 2.24) is 10.2 Å². The third-order valence-electron chi connectivity index (χ3n) is 4.66. The van der Waals surface area contributed by atoms with Gasteiger partial charge in [-0.1, -0.05) is 0 Å². The van der Waals surface area contributed by atoms with E-state index in [-0.39, 0.29) is 11.9 Å². The van der Waals surface area contributed by atoms with Crippen LogP contribution in [0.4, 0.5) is 5.82 Å². The maximum Gasteiger partial charge on any atom is 0.163 e. The first-order chi connectivity index (χ1) is 9.49. The minimum absolute atomic E-state index is 0.0426. The number of anilines is 1. The summed E-state index contributed by atoms with van der Waals surface area (Å²) < 4.78 is 0. The molecule has 0 aliphatic carbocycles. The number of hydrogen-bond donors (Lipinski definition) is 3. The molecule has 108 valence electrons. The minimum atomic E-state index is -0.218. The van der Waals surface area contributed by atoms with Crippen LogP contribution in [0.15, 0.2) is 0 Å². The van der Waals surface area contributed by atoms with Gasteiger partial charge in [-0.3, -0.25) is 5.41 Å². The lowest BCUT2D eigenvalue weighted by Gasteiger charge is -2.38. The van der Waals surface area contributed by atoms with Gasteiger partial charge in [-0.25, -0.2) is 0 Å². The van der Waals surface area contributed by atoms with Crippen molar-refractivity contribution in [1.29, 1.82) is 5.41 Å². The van der Waals surface area contributed by atoms with E-state index < -0.39 is 0 Å². The molecule has 20 heavy (non-hydrogen) atoms. The van der Waals surface area contributed by atoms with Gasteiger partial charge >= 0.3 is 0 Å². The zero-order valence-corrected chi connectivity index (χ0v) is 11.9. The van der Waals surface area contributed by atoms with Crippen LogP contribution in [0.5, 0.6) is 0 Å². The van der Waals surface area contributed by atoms with Crippen molar-refractivity contribution >= 4 is 11.7 Å². The topological polar surface area (TPSA) is 99.1 Å². The molecule has 2 unspecified atom stereocenters. The molecule has 1 aromatic rings. The molecule has 2 atom stereocenters. The lowest BCUT2D eigenvalue weighted by Crippen LogP contribution is -2.46. The molecule has 6 nitrogen and oxygen atoms in total. The normalized spacial score (nSPS) is 28.8. The predicted molar refractivity (Wildman–Crippen MR) is 77.1 cm³/mol. The molecule has 2 bridgehead atoms. The van der Waals surface area contributed by atoms with E-state index in [4.69, 9.17) is 11.1 Å². The highest BCUT2D eigenvalue weighted by molar-refractivity contribution is 6.01. The second-order valence-corrected chi connectivity index (χ2v) is 5.94. The largest absolute Gasteiger partial charge is 0.393 e. The number of amidine groups is 1. The van der Waals surface area contributed by atoms with Gasteiger partial charge in [0, 0.05) is 12.1 Å². The fourth-order valence-electron chi connectivity index (χ4n) is 3.59. The fraction of sp³-hybridized carbons (Fsp3) is 0.643. The molecule has 2 saturated heterocycles. The molecule has 0 aromatic carbocycles. The molecule has 0 saturated carbocycles. The molecule has 3 rings (SSSR count). The summed E-state index contributed by atoms with van der Waals surface area (Å²) in [7, 11) is 0. The highest BCUT2D eigenvalue weighted by Gasteiger charge is 2.42. The quantitative estimate of drug-likeness (QED) is 0.549. The Bertz CT molecular complexity index is 545. The summed E-state index contributed by atoms with van der Waals surface area (Å²) in [6.07, 6.45) is 3.44. The maximum absolute atomic E-state index is 9.90. The number of nitrogens with one attached hydrogen (secondary N) is 1. The van der Waals surface area contributed by atoms with Crippen LogP contribution < -0.4 is 10.6 Å². The third kappa shape index (κ3) is 1.95. The standard InChI is InChI=1S/C14H21N5O/c1-7-8(2)17-18-14(12(7)13(15)16)19-9-3-4-10(19)6-11(20)5-9/h9-11,20H,3-6H2,1-2H3,(H3,15,16). The van der Waals surface area contributed by atoms with Gasteiger partial charge < -0.3 is 15.7 Å². The van der Waals surface area contributed by atoms with Gasteiger partial charge in [-0.2, -0.15) is 5.10 Å². The summed E-state index contributed by atoms with van der Waals surface area (Å²) >= 11 is 0. The van der Waals surface area contributed by atoms with Gasteiger partial charge in [0.05, 0.1) is 17.4 Å². The van der Waals surface area contributed by atoms with Crippen LogP contribution in [0.1, 0.15) is 42.5 Å². The molecular weight excluding hydrogens is 254 g/mol. The molecule has 0 spiro atoms. The molecule has 4 N–H and O–H groups in total. The van der Waals surface area contributed by atoms with Crippen molar-refractivity contribution in [3.8, 4) is 0 Å². The number of aliphatic hydroxyl groups is 1. The maximum atomic E-state index is 9.90. The smallest absolute Gasteiger partial charge is 0.163 e. The van der Waals surface area contributed by atoms with E-state index in [9.17, 15) is 5.11 Å². The summed E-state index contributed by atoms with van der Waals surface area (Å²) in [6.45, 7) is 3.82. The van der Waals surface area contributed by atoms with E-state index in [0.29, 0.717) is 17.6 Å². The number of hydrogen-bond acceptors (Lipinski definition) is 5.